The van der Waals surface area contributed by atoms with Crippen LogP contribution in [0.4, 0.5) is 11.4 Å². The van der Waals surface area contributed by atoms with Gasteiger partial charge >= 0.3 is 5.97 Å². The highest BCUT2D eigenvalue weighted by molar-refractivity contribution is 7.12. The molecule has 9 nitrogen and oxygen atoms in total. The van der Waals surface area contributed by atoms with E-state index in [1.165, 1.54) is 23.5 Å². The predicted octanol–water partition coefficient (Wildman–Crippen LogP) is 1.81. The normalized spacial score (nSPS) is 12.9. The number of carbonyl (C=O) groups excluding carboxylic acids is 3. The number of fused-ring (bicyclic) bond motifs is 1. The Morgan fingerprint density at radius 1 is 1.35 bits per heavy atom. The third-order valence-electron chi connectivity index (χ3n) is 3.54. The van der Waals surface area contributed by atoms with Crippen LogP contribution in [-0.4, -0.2) is 42.3 Å². The van der Waals surface area contributed by atoms with Crippen LogP contribution in [0.2, 0.25) is 0 Å². The van der Waals surface area contributed by atoms with E-state index in [4.69, 9.17) is 9.47 Å². The van der Waals surface area contributed by atoms with Crippen molar-refractivity contribution in [3.63, 3.8) is 0 Å². The molecule has 1 amide bonds. The first kappa shape index (κ1) is 17.5. The lowest BCUT2D eigenvalue weighted by molar-refractivity contribution is -0.384. The monoisotopic (exact) mass is 376 g/mol. The van der Waals surface area contributed by atoms with E-state index in [1.54, 1.807) is 17.5 Å². The zero-order valence-corrected chi connectivity index (χ0v) is 14.1. The van der Waals surface area contributed by atoms with E-state index in [0.29, 0.717) is 4.88 Å². The van der Waals surface area contributed by atoms with Crippen LogP contribution >= 0.6 is 11.3 Å². The van der Waals surface area contributed by atoms with Gasteiger partial charge in [0.25, 0.3) is 11.6 Å². The first-order valence-corrected chi connectivity index (χ1v) is 8.27. The number of carbonyl (C=O) groups is 3. The summed E-state index contributed by atoms with van der Waals surface area (Å²) in [5.74, 6) is -1.45. The van der Waals surface area contributed by atoms with Crippen LogP contribution in [0.1, 0.15) is 9.67 Å². The van der Waals surface area contributed by atoms with Crippen LogP contribution in [0.15, 0.2) is 35.7 Å². The molecule has 26 heavy (non-hydrogen) atoms. The molecule has 0 N–H and O–H groups in total. The first-order chi connectivity index (χ1) is 12.5. The van der Waals surface area contributed by atoms with Crippen molar-refractivity contribution < 1.29 is 28.8 Å². The summed E-state index contributed by atoms with van der Waals surface area (Å²) < 4.78 is 10.1. The molecule has 1 aromatic heterocycles. The van der Waals surface area contributed by atoms with Crippen molar-refractivity contribution in [1.82, 2.24) is 0 Å². The highest BCUT2D eigenvalue weighted by atomic mass is 32.1. The Kier molecular flexibility index (Phi) is 4.94. The fourth-order valence-corrected chi connectivity index (χ4v) is 2.96. The van der Waals surface area contributed by atoms with Gasteiger partial charge in [-0.25, -0.2) is 0 Å². The van der Waals surface area contributed by atoms with Crippen molar-refractivity contribution in [2.75, 3.05) is 24.7 Å². The van der Waals surface area contributed by atoms with E-state index in [2.05, 4.69) is 0 Å². The molecule has 0 radical (unpaired) electrons. The van der Waals surface area contributed by atoms with E-state index >= 15 is 0 Å². The zero-order valence-electron chi connectivity index (χ0n) is 13.2. The van der Waals surface area contributed by atoms with Gasteiger partial charge in [0, 0.05) is 12.1 Å². The average molecular weight is 376 g/mol. The molecule has 3 rings (SSSR count). The lowest BCUT2D eigenvalue weighted by atomic mass is 10.2. The summed E-state index contributed by atoms with van der Waals surface area (Å²) in [5.41, 5.74) is -0.134. The van der Waals surface area contributed by atoms with Crippen molar-refractivity contribution in [1.29, 1.82) is 0 Å². The molecule has 0 aliphatic carbocycles. The minimum Gasteiger partial charge on any atom is -0.482 e. The molecule has 0 fully saturated rings. The number of amides is 1. The maximum Gasteiger partial charge on any atom is 0.326 e. The lowest BCUT2D eigenvalue weighted by Crippen LogP contribution is -2.42. The number of benzene rings is 1. The van der Waals surface area contributed by atoms with Crippen molar-refractivity contribution in [2.24, 2.45) is 0 Å². The van der Waals surface area contributed by atoms with Gasteiger partial charge in [-0.3, -0.25) is 29.4 Å². The molecular formula is C16H12N2O7S. The number of rotatable bonds is 6. The van der Waals surface area contributed by atoms with Crippen LogP contribution in [0.25, 0.3) is 0 Å². The molecule has 134 valence electrons. The Morgan fingerprint density at radius 3 is 2.85 bits per heavy atom. The molecule has 10 heteroatoms. The summed E-state index contributed by atoms with van der Waals surface area (Å²) in [5, 5.41) is 12.6. The molecule has 2 heterocycles. The topological polar surface area (TPSA) is 116 Å². The van der Waals surface area contributed by atoms with Crippen LogP contribution in [0, 0.1) is 10.1 Å². The second kappa shape index (κ2) is 7.31. The van der Waals surface area contributed by atoms with Crippen LogP contribution in [0.5, 0.6) is 5.75 Å². The quantitative estimate of drug-likeness (QED) is 0.327. The summed E-state index contributed by atoms with van der Waals surface area (Å²) in [6.07, 6.45) is 0. The highest BCUT2D eigenvalue weighted by Gasteiger charge is 2.29. The highest BCUT2D eigenvalue weighted by Crippen LogP contribution is 2.35. The second-order valence-corrected chi connectivity index (χ2v) is 6.19. The van der Waals surface area contributed by atoms with Gasteiger partial charge in [0.2, 0.25) is 5.78 Å². The SMILES string of the molecule is O=C(CN1C(=O)COc2ccc([N+](=O)[O-])cc21)OCC(=O)c1cccs1. The van der Waals surface area contributed by atoms with Gasteiger partial charge in [0.05, 0.1) is 15.5 Å². The number of nitro benzene ring substituents is 1. The predicted molar refractivity (Wildman–Crippen MR) is 90.6 cm³/mol. The number of anilines is 1. The maximum atomic E-state index is 12.1. The van der Waals surface area contributed by atoms with Crippen molar-refractivity contribution >= 4 is 40.4 Å². The molecule has 1 aromatic carbocycles. The van der Waals surface area contributed by atoms with Crippen LogP contribution < -0.4 is 9.64 Å². The molecule has 1 aliphatic heterocycles. The van der Waals surface area contributed by atoms with Gasteiger partial charge in [-0.2, -0.15) is 0 Å². The average Bonchev–Trinajstić information content (AvgIpc) is 3.16. The molecule has 0 saturated heterocycles. The molecule has 0 unspecified atom stereocenters. The van der Waals surface area contributed by atoms with E-state index < -0.39 is 30.0 Å². The van der Waals surface area contributed by atoms with Crippen molar-refractivity contribution in [3.05, 3.63) is 50.7 Å². The number of hydrogen-bond donors (Lipinski definition) is 0. The third kappa shape index (κ3) is 3.70. The largest absolute Gasteiger partial charge is 0.482 e. The molecule has 0 atom stereocenters. The summed E-state index contributed by atoms with van der Waals surface area (Å²) >= 11 is 1.23. The smallest absolute Gasteiger partial charge is 0.326 e. The number of Topliss-reactive ketones (excluding diaryl/α,β-unsaturated/α-hetero) is 1. The minimum atomic E-state index is -0.803. The van der Waals surface area contributed by atoms with E-state index in [-0.39, 0.29) is 29.5 Å². The van der Waals surface area contributed by atoms with E-state index in [0.717, 1.165) is 11.0 Å². The number of esters is 1. The number of nitro groups is 1. The first-order valence-electron chi connectivity index (χ1n) is 7.39. The van der Waals surface area contributed by atoms with Gasteiger partial charge < -0.3 is 9.47 Å². The molecule has 2 aromatic rings. The van der Waals surface area contributed by atoms with Crippen molar-refractivity contribution in [2.45, 2.75) is 0 Å². The molecular weight excluding hydrogens is 364 g/mol. The number of thiophene rings is 1. The van der Waals surface area contributed by atoms with Gasteiger partial charge in [-0.15, -0.1) is 11.3 Å². The van der Waals surface area contributed by atoms with Gasteiger partial charge in [-0.05, 0) is 17.5 Å². The van der Waals surface area contributed by atoms with Crippen LogP contribution in [-0.2, 0) is 14.3 Å². The van der Waals surface area contributed by atoms with Crippen molar-refractivity contribution in [3.8, 4) is 5.75 Å². The Morgan fingerprint density at radius 2 is 2.15 bits per heavy atom. The van der Waals surface area contributed by atoms with Gasteiger partial charge in [0.1, 0.15) is 12.3 Å². The number of nitrogens with zero attached hydrogens (tertiary/aromatic N) is 2. The Labute approximate surface area is 150 Å². The summed E-state index contributed by atoms with van der Waals surface area (Å²) in [6.45, 7) is -1.22. The molecule has 0 bridgehead atoms. The van der Waals surface area contributed by atoms with Gasteiger partial charge in [0.15, 0.2) is 13.2 Å². The Balaban J connectivity index is 1.70. The summed E-state index contributed by atoms with van der Waals surface area (Å²) in [6, 6.07) is 7.07. The zero-order chi connectivity index (χ0) is 18.7. The van der Waals surface area contributed by atoms with Gasteiger partial charge in [-0.1, -0.05) is 6.07 Å². The number of hydrogen-bond acceptors (Lipinski definition) is 8. The Hall–Kier alpha value is -3.27. The summed E-state index contributed by atoms with van der Waals surface area (Å²) in [4.78, 5) is 47.7. The fraction of sp³-hybridized carbons (Fsp3) is 0.188. The fourth-order valence-electron chi connectivity index (χ4n) is 2.31. The standard InChI is InChI=1S/C16H12N2O7S/c19-12(14-2-1-5-26-14)8-25-16(21)7-17-11-6-10(18(22)23)3-4-13(11)24-9-15(17)20/h1-6H,7-9H2. The molecule has 0 spiro atoms. The maximum absolute atomic E-state index is 12.1. The number of non-ortho nitro benzene ring substituents is 1. The Bertz CT molecular complexity index is 879. The number of ketones is 1. The lowest BCUT2D eigenvalue weighted by Gasteiger charge is -2.28. The third-order valence-corrected chi connectivity index (χ3v) is 4.45. The second-order valence-electron chi connectivity index (χ2n) is 5.24. The van der Waals surface area contributed by atoms with E-state index in [1.807, 2.05) is 0 Å². The van der Waals surface area contributed by atoms with E-state index in [9.17, 15) is 24.5 Å². The molecule has 0 saturated carbocycles. The summed E-state index contributed by atoms with van der Waals surface area (Å²) in [7, 11) is 0. The van der Waals surface area contributed by atoms with Crippen LogP contribution in [0.3, 0.4) is 0 Å². The minimum absolute atomic E-state index is 0.108. The number of ether oxygens (including phenoxy) is 2. The molecule has 1 aliphatic rings.